The predicted molar refractivity (Wildman–Crippen MR) is 136 cm³/mol. The van der Waals surface area contributed by atoms with Gasteiger partial charge >= 0.3 is 0 Å². The van der Waals surface area contributed by atoms with E-state index in [4.69, 9.17) is 6.30 Å². The van der Waals surface area contributed by atoms with Crippen LogP contribution in [0.5, 0.6) is 0 Å². The first-order chi connectivity index (χ1) is 14.6. The summed E-state index contributed by atoms with van der Waals surface area (Å²) >= 11 is 0. The Morgan fingerprint density at radius 2 is 0.767 bits per heavy atom. The molecule has 0 amide bonds. The highest BCUT2D eigenvalue weighted by atomic mass is 31.2. The van der Waals surface area contributed by atoms with Crippen molar-refractivity contribution in [1.29, 1.82) is 0 Å². The number of hydrogen-bond acceptors (Lipinski definition) is 1. The van der Waals surface area contributed by atoms with Gasteiger partial charge in [0, 0.05) is 16.8 Å². The molecule has 0 N–H and O–H groups in total. The summed E-state index contributed by atoms with van der Waals surface area (Å²) in [5.41, 5.74) is 0. The van der Waals surface area contributed by atoms with E-state index >= 15 is 0 Å². The summed E-state index contributed by atoms with van der Waals surface area (Å²) in [6.45, 7) is -1.93. The van der Waals surface area contributed by atoms with Crippen LogP contribution in [0.25, 0.3) is 0 Å². The second-order valence-corrected chi connectivity index (χ2v) is 13.9. The summed E-state index contributed by atoms with van der Waals surface area (Å²) < 4.78 is 14.5. The van der Waals surface area contributed by atoms with Crippen LogP contribution in [0.4, 0.5) is 0 Å². The van der Waals surface area contributed by atoms with Crippen LogP contribution in [0.3, 0.4) is 0 Å². The van der Waals surface area contributed by atoms with Gasteiger partial charge in [-0.1, -0.05) is 135 Å². The van der Waals surface area contributed by atoms with E-state index in [0.29, 0.717) is 6.16 Å². The van der Waals surface area contributed by atoms with Crippen molar-refractivity contribution < 1.29 is 4.57 Å². The van der Waals surface area contributed by atoms with Crippen LogP contribution in [0, 0.1) is 0 Å². The highest BCUT2D eigenvalue weighted by Gasteiger charge is 2.30. The summed E-state index contributed by atoms with van der Waals surface area (Å²) in [5, 5.41) is 4.35. The number of rotatable bonds is 7. The van der Waals surface area contributed by atoms with Crippen molar-refractivity contribution in [2.45, 2.75) is 0 Å². The second-order valence-electron chi connectivity index (χ2n) is 7.50. The van der Waals surface area contributed by atoms with Gasteiger partial charge in [-0.3, -0.25) is 0 Å². The molecule has 0 heterocycles. The molecule has 0 aliphatic heterocycles. The topological polar surface area (TPSA) is 17.1 Å². The Morgan fingerprint density at radius 3 is 1.10 bits per heavy atom. The molecule has 1 nitrogen and oxygen atoms in total. The molecule has 150 valence electrons. The maximum atomic E-state index is 14.5. The highest BCUT2D eigenvalue weighted by Crippen LogP contribution is 2.50. The van der Waals surface area contributed by atoms with Gasteiger partial charge in [0.15, 0.2) is 0 Å². The molecule has 0 aliphatic carbocycles. The average molecular weight is 428 g/mol. The normalized spacial score (nSPS) is 11.9. The lowest BCUT2D eigenvalue weighted by molar-refractivity contribution is 0.588. The first-order valence-corrected chi connectivity index (χ1v) is 14.2. The van der Waals surface area contributed by atoms with Crippen LogP contribution >= 0.6 is 14.0 Å². The number of hydrogen-bond donors (Lipinski definition) is 0. The Bertz CT molecular complexity index is 987. The Morgan fingerprint density at radius 1 is 0.467 bits per heavy atom. The van der Waals surface area contributed by atoms with Crippen LogP contribution in [0.1, 0.15) is 0 Å². The molecule has 0 bridgehead atoms. The van der Waals surface area contributed by atoms with Crippen molar-refractivity contribution in [3.05, 3.63) is 121 Å². The zero-order valence-corrected chi connectivity index (χ0v) is 18.8. The van der Waals surface area contributed by atoms with Crippen molar-refractivity contribution in [3.8, 4) is 0 Å². The molecule has 0 unspecified atom stereocenters. The van der Waals surface area contributed by atoms with Gasteiger partial charge in [-0.15, -0.1) is 0 Å². The molecule has 0 saturated carbocycles. The van der Waals surface area contributed by atoms with Gasteiger partial charge in [-0.25, -0.2) is 0 Å². The Labute approximate surface area is 179 Å². The van der Waals surface area contributed by atoms with Crippen molar-refractivity contribution in [3.63, 3.8) is 0 Å². The lowest BCUT2D eigenvalue weighted by atomic mass is 10.4. The monoisotopic (exact) mass is 428 g/mol. The maximum absolute atomic E-state index is 14.5. The van der Waals surface area contributed by atoms with Crippen molar-refractivity contribution in [1.82, 2.24) is 0 Å². The third-order valence-electron chi connectivity index (χ3n) is 5.64. The molecule has 0 spiro atoms. The van der Waals surface area contributed by atoms with E-state index < -0.39 is 14.0 Å². The molecule has 3 heteroatoms. The average Bonchev–Trinajstić information content (AvgIpc) is 2.84. The lowest BCUT2D eigenvalue weighted by Crippen LogP contribution is -2.25. The summed E-state index contributed by atoms with van der Waals surface area (Å²) in [6.07, 6.45) is 6.18. The molecule has 4 aromatic carbocycles. The molecule has 0 fully saturated rings. The molecule has 0 aromatic heterocycles. The fourth-order valence-corrected chi connectivity index (χ4v) is 10.8. The fourth-order valence-electron chi connectivity index (χ4n) is 3.89. The second kappa shape index (κ2) is 9.05. The lowest BCUT2D eigenvalue weighted by Gasteiger charge is -2.29. The maximum Gasteiger partial charge on any atom is 0.143 e. The molecule has 0 radical (unpaired) electrons. The zero-order chi connectivity index (χ0) is 20.9. The minimum atomic E-state index is -2.77. The van der Waals surface area contributed by atoms with Crippen LogP contribution in [-0.2, 0) is 4.57 Å². The van der Waals surface area contributed by atoms with Gasteiger partial charge in [-0.2, -0.15) is 0 Å². The summed E-state index contributed by atoms with van der Waals surface area (Å²) in [4.78, 5) is 0. The molecule has 4 aromatic rings. The van der Waals surface area contributed by atoms with Gasteiger partial charge in [0.05, 0.1) is 0 Å². The van der Waals surface area contributed by atoms with Gasteiger partial charge < -0.3 is 4.57 Å². The van der Waals surface area contributed by atoms with E-state index in [2.05, 4.69) is 48.5 Å². The van der Waals surface area contributed by atoms with Gasteiger partial charge in [0.2, 0.25) is 0 Å². The highest BCUT2D eigenvalue weighted by molar-refractivity contribution is 7.88. The van der Waals surface area contributed by atoms with E-state index in [1.165, 1.54) is 10.6 Å². The van der Waals surface area contributed by atoms with E-state index in [0.717, 1.165) is 16.8 Å². The molecule has 0 saturated heterocycles. The largest absolute Gasteiger partial charge is 0.314 e. The van der Waals surface area contributed by atoms with Crippen LogP contribution in [0.2, 0.25) is 0 Å². The first-order valence-electron chi connectivity index (χ1n) is 10.2. The summed E-state index contributed by atoms with van der Waals surface area (Å²) in [7, 11) is -2.77. The Kier molecular flexibility index (Phi) is 6.24. The molecule has 0 aliphatic rings. The third kappa shape index (κ3) is 4.15. The molecular weight excluding hydrogens is 402 g/mol. The molecular formula is C27H26OP2. The minimum absolute atomic E-state index is 0.599. The zero-order valence-electron chi connectivity index (χ0n) is 17.0. The van der Waals surface area contributed by atoms with E-state index in [1.807, 2.05) is 72.8 Å². The molecule has 4 rings (SSSR count). The first kappa shape index (κ1) is 20.7. The SMILES string of the molecule is C=P(CCP(=O)(c1ccccc1)c1ccccc1)(c1ccccc1)c1ccccc1. The van der Waals surface area contributed by atoms with Crippen molar-refractivity contribution in [2.24, 2.45) is 0 Å². The number of benzene rings is 4. The summed E-state index contributed by atoms with van der Waals surface area (Å²) in [6, 6.07) is 40.9. The molecule has 0 atom stereocenters. The third-order valence-corrected chi connectivity index (χ3v) is 12.7. The van der Waals surface area contributed by atoms with Gasteiger partial charge in [0.25, 0.3) is 0 Å². The fraction of sp³-hybridized carbons (Fsp3) is 0.0741. The minimum Gasteiger partial charge on any atom is -0.314 e. The summed E-state index contributed by atoms with van der Waals surface area (Å²) in [5.74, 6) is 0. The smallest absolute Gasteiger partial charge is 0.143 e. The van der Waals surface area contributed by atoms with E-state index in [1.54, 1.807) is 0 Å². The molecule has 30 heavy (non-hydrogen) atoms. The van der Waals surface area contributed by atoms with Gasteiger partial charge in [-0.05, 0) is 16.8 Å². The Hall–Kier alpha value is -2.59. The quantitative estimate of drug-likeness (QED) is 0.374. The van der Waals surface area contributed by atoms with E-state index in [-0.39, 0.29) is 0 Å². The Balaban J connectivity index is 1.78. The van der Waals surface area contributed by atoms with Crippen LogP contribution < -0.4 is 21.2 Å². The van der Waals surface area contributed by atoms with Gasteiger partial charge in [0.1, 0.15) is 7.14 Å². The van der Waals surface area contributed by atoms with Crippen LogP contribution in [0.15, 0.2) is 121 Å². The van der Waals surface area contributed by atoms with Crippen molar-refractivity contribution >= 4 is 41.5 Å². The van der Waals surface area contributed by atoms with Crippen molar-refractivity contribution in [2.75, 3.05) is 12.3 Å². The predicted octanol–water partition coefficient (Wildman–Crippen LogP) is 5.10. The van der Waals surface area contributed by atoms with Crippen LogP contribution in [-0.4, -0.2) is 18.6 Å². The standard InChI is InChI=1S/C27H26OP2/c1-29(24-14-6-2-7-15-24,25-16-8-3-9-17-25)22-23-30(28,26-18-10-4-11-19-26)27-20-12-5-13-21-27/h2-21H,1,22-23H2. The van der Waals surface area contributed by atoms with E-state index in [9.17, 15) is 4.57 Å².